The number of hydrogen-bond acceptors (Lipinski definition) is 5. The summed E-state index contributed by atoms with van der Waals surface area (Å²) in [4.78, 5) is 21.3. The van der Waals surface area contributed by atoms with Gasteiger partial charge in [-0.05, 0) is 24.6 Å². The van der Waals surface area contributed by atoms with Crippen molar-refractivity contribution in [3.05, 3.63) is 53.4 Å². The van der Waals surface area contributed by atoms with Crippen molar-refractivity contribution in [3.8, 4) is 0 Å². The molecule has 1 amide bonds. The van der Waals surface area contributed by atoms with E-state index < -0.39 is 0 Å². The van der Waals surface area contributed by atoms with E-state index in [1.54, 1.807) is 13.3 Å². The molecule has 0 atom stereocenters. The number of benzene rings is 1. The first-order valence-electron chi connectivity index (χ1n) is 9.65. The van der Waals surface area contributed by atoms with Gasteiger partial charge < -0.3 is 20.1 Å². The number of piperazine rings is 1. The van der Waals surface area contributed by atoms with Gasteiger partial charge in [0.05, 0.1) is 12.2 Å². The van der Waals surface area contributed by atoms with E-state index >= 15 is 0 Å². The molecule has 0 spiro atoms. The second kappa shape index (κ2) is 11.8. The van der Waals surface area contributed by atoms with Gasteiger partial charge in [-0.15, -0.1) is 24.0 Å². The number of rotatable bonds is 6. The van der Waals surface area contributed by atoms with Crippen molar-refractivity contribution in [1.82, 2.24) is 25.6 Å². The summed E-state index contributed by atoms with van der Waals surface area (Å²) < 4.78 is 4.91. The molecule has 1 saturated heterocycles. The van der Waals surface area contributed by atoms with Gasteiger partial charge in [-0.1, -0.05) is 17.3 Å². The summed E-state index contributed by atoms with van der Waals surface area (Å²) in [6.07, 6.45) is 1.61. The predicted molar refractivity (Wildman–Crippen MR) is 123 cm³/mol. The Balaban J connectivity index is 0.00000300. The van der Waals surface area contributed by atoms with E-state index in [-0.39, 0.29) is 29.9 Å². The van der Waals surface area contributed by atoms with E-state index in [2.05, 4.69) is 32.5 Å². The lowest BCUT2D eigenvalue weighted by atomic mass is 10.1. The predicted octanol–water partition coefficient (Wildman–Crippen LogP) is 1.94. The molecule has 2 aromatic rings. The van der Waals surface area contributed by atoms with Gasteiger partial charge in [0.2, 0.25) is 0 Å². The topological polar surface area (TPSA) is 86.0 Å². The zero-order chi connectivity index (χ0) is 19.8. The van der Waals surface area contributed by atoms with E-state index in [0.717, 1.165) is 56.5 Å². The van der Waals surface area contributed by atoms with Gasteiger partial charge >= 0.3 is 0 Å². The van der Waals surface area contributed by atoms with E-state index in [4.69, 9.17) is 9.52 Å². The van der Waals surface area contributed by atoms with Gasteiger partial charge in [0.15, 0.2) is 5.96 Å². The van der Waals surface area contributed by atoms with E-state index in [1.165, 1.54) is 0 Å². The number of aliphatic imine (C=N–C) groups is 1. The Labute approximate surface area is 188 Å². The molecular formula is C20H29IN6O2. The third-order valence-corrected chi connectivity index (χ3v) is 4.71. The smallest absolute Gasteiger partial charge is 0.251 e. The highest BCUT2D eigenvalue weighted by Gasteiger charge is 2.20. The van der Waals surface area contributed by atoms with Crippen LogP contribution >= 0.6 is 24.0 Å². The molecule has 1 aromatic heterocycles. The number of carbonyl (C=O) groups excluding carboxylic acids is 1. The average Bonchev–Trinajstić information content (AvgIpc) is 3.24. The lowest BCUT2D eigenvalue weighted by Crippen LogP contribution is -2.52. The normalized spacial score (nSPS) is 15.0. The zero-order valence-electron chi connectivity index (χ0n) is 16.9. The molecule has 9 heteroatoms. The summed E-state index contributed by atoms with van der Waals surface area (Å²) in [5, 5.41) is 10.0. The number of halogens is 1. The number of hydrogen-bond donors (Lipinski definition) is 2. The van der Waals surface area contributed by atoms with Crippen LogP contribution < -0.4 is 10.6 Å². The Morgan fingerprint density at radius 2 is 2.03 bits per heavy atom. The largest absolute Gasteiger partial charge is 0.364 e. The van der Waals surface area contributed by atoms with Crippen LogP contribution in [0.15, 0.2) is 46.1 Å². The minimum absolute atomic E-state index is 0. The summed E-state index contributed by atoms with van der Waals surface area (Å²) in [5.74, 6) is 0.829. The molecule has 1 aliphatic rings. The Hall–Kier alpha value is -2.14. The molecule has 1 aliphatic heterocycles. The van der Waals surface area contributed by atoms with Crippen molar-refractivity contribution in [2.24, 2.45) is 4.99 Å². The lowest BCUT2D eigenvalue weighted by molar-refractivity contribution is 0.0963. The van der Waals surface area contributed by atoms with Crippen molar-refractivity contribution >= 4 is 35.8 Å². The molecule has 0 aliphatic carbocycles. The van der Waals surface area contributed by atoms with Crippen molar-refractivity contribution in [3.63, 3.8) is 0 Å². The highest BCUT2D eigenvalue weighted by atomic mass is 127. The van der Waals surface area contributed by atoms with Crippen molar-refractivity contribution in [1.29, 1.82) is 0 Å². The average molecular weight is 512 g/mol. The molecule has 0 saturated carbocycles. The number of carbonyl (C=O) groups is 1. The van der Waals surface area contributed by atoms with Crippen LogP contribution in [0.2, 0.25) is 0 Å². The molecule has 29 heavy (non-hydrogen) atoms. The monoisotopic (exact) mass is 512 g/mol. The number of guanidine groups is 1. The van der Waals surface area contributed by atoms with Crippen LogP contribution in [0.25, 0.3) is 0 Å². The Bertz CT molecular complexity index is 788. The fourth-order valence-electron chi connectivity index (χ4n) is 3.21. The molecule has 2 N–H and O–H groups in total. The van der Waals surface area contributed by atoms with E-state index in [1.807, 2.05) is 30.3 Å². The van der Waals surface area contributed by atoms with Gasteiger partial charge in [-0.3, -0.25) is 9.69 Å². The van der Waals surface area contributed by atoms with Crippen LogP contribution in [0, 0.1) is 0 Å². The van der Waals surface area contributed by atoms with Crippen LogP contribution in [-0.2, 0) is 13.1 Å². The summed E-state index contributed by atoms with van der Waals surface area (Å²) in [5.41, 5.74) is 2.63. The molecule has 1 fully saturated rings. The summed E-state index contributed by atoms with van der Waals surface area (Å²) in [6, 6.07) is 9.50. The quantitative estimate of drug-likeness (QED) is 0.350. The molecule has 0 unspecified atom stereocenters. The fraction of sp³-hybridized carbons (Fsp3) is 0.450. The molecule has 0 radical (unpaired) electrons. The zero-order valence-corrected chi connectivity index (χ0v) is 19.3. The maximum atomic E-state index is 11.8. The first-order valence-corrected chi connectivity index (χ1v) is 9.65. The molecular weight excluding hydrogens is 483 g/mol. The van der Waals surface area contributed by atoms with Crippen LogP contribution in [0.1, 0.15) is 28.5 Å². The number of nitrogens with one attached hydrogen (secondary N) is 2. The molecule has 3 rings (SSSR count). The number of aromatic nitrogens is 1. The van der Waals surface area contributed by atoms with E-state index in [0.29, 0.717) is 12.1 Å². The summed E-state index contributed by atoms with van der Waals surface area (Å²) in [7, 11) is 1.64. The highest BCUT2D eigenvalue weighted by molar-refractivity contribution is 14.0. The second-order valence-electron chi connectivity index (χ2n) is 6.70. The fourth-order valence-corrected chi connectivity index (χ4v) is 3.21. The van der Waals surface area contributed by atoms with Crippen molar-refractivity contribution < 1.29 is 9.32 Å². The SMILES string of the molecule is CCNC(=NCc1cccc(C(=O)NC)c1)N1CCN(Cc2ccon2)CC1.I. The van der Waals surface area contributed by atoms with Crippen LogP contribution in [0.3, 0.4) is 0 Å². The highest BCUT2D eigenvalue weighted by Crippen LogP contribution is 2.10. The first-order chi connectivity index (χ1) is 13.7. The standard InChI is InChI=1S/C20H28N6O2.HI/c1-3-22-20(23-14-16-5-4-6-17(13-16)19(27)21-2)26-10-8-25(9-11-26)15-18-7-12-28-24-18;/h4-7,12-13H,3,8-11,14-15H2,1-2H3,(H,21,27)(H,22,23);1H. The third-order valence-electron chi connectivity index (χ3n) is 4.71. The Morgan fingerprint density at radius 3 is 2.69 bits per heavy atom. The Kier molecular flexibility index (Phi) is 9.39. The first kappa shape index (κ1) is 23.1. The minimum Gasteiger partial charge on any atom is -0.364 e. The summed E-state index contributed by atoms with van der Waals surface area (Å²) in [6.45, 7) is 7.94. The lowest BCUT2D eigenvalue weighted by Gasteiger charge is -2.36. The van der Waals surface area contributed by atoms with Crippen molar-refractivity contribution in [2.45, 2.75) is 20.0 Å². The van der Waals surface area contributed by atoms with Gasteiger partial charge in [0.25, 0.3) is 5.91 Å². The minimum atomic E-state index is -0.0824. The van der Waals surface area contributed by atoms with Crippen LogP contribution in [0.4, 0.5) is 0 Å². The van der Waals surface area contributed by atoms with Crippen LogP contribution in [-0.4, -0.2) is 66.6 Å². The molecule has 2 heterocycles. The van der Waals surface area contributed by atoms with Crippen LogP contribution in [0.5, 0.6) is 0 Å². The van der Waals surface area contributed by atoms with Gasteiger partial charge in [0, 0.05) is 57.9 Å². The summed E-state index contributed by atoms with van der Waals surface area (Å²) >= 11 is 0. The Morgan fingerprint density at radius 1 is 1.24 bits per heavy atom. The molecule has 158 valence electrons. The molecule has 8 nitrogen and oxygen atoms in total. The number of nitrogens with zero attached hydrogens (tertiary/aromatic N) is 4. The van der Waals surface area contributed by atoms with E-state index in [9.17, 15) is 4.79 Å². The second-order valence-corrected chi connectivity index (χ2v) is 6.70. The number of amides is 1. The third kappa shape index (κ3) is 6.70. The maximum Gasteiger partial charge on any atom is 0.251 e. The van der Waals surface area contributed by atoms with Gasteiger partial charge in [-0.25, -0.2) is 4.99 Å². The molecule has 1 aromatic carbocycles. The molecule has 0 bridgehead atoms. The van der Waals surface area contributed by atoms with Gasteiger partial charge in [-0.2, -0.15) is 0 Å². The van der Waals surface area contributed by atoms with Crippen molar-refractivity contribution in [2.75, 3.05) is 39.8 Å². The van der Waals surface area contributed by atoms with Gasteiger partial charge in [0.1, 0.15) is 6.26 Å². The maximum absolute atomic E-state index is 11.8.